The van der Waals surface area contributed by atoms with Gasteiger partial charge in [0, 0.05) is 17.3 Å². The molecule has 3 heteroatoms. The molecule has 21 heavy (non-hydrogen) atoms. The van der Waals surface area contributed by atoms with E-state index < -0.39 is 0 Å². The minimum Gasteiger partial charge on any atom is -0.377 e. The molecule has 3 nitrogen and oxygen atoms in total. The highest BCUT2D eigenvalue weighted by atomic mass is 16.5. The van der Waals surface area contributed by atoms with Gasteiger partial charge in [0.25, 0.3) is 0 Å². The topological polar surface area (TPSA) is 38.1 Å². The Labute approximate surface area is 124 Å². The second-order valence-electron chi connectivity index (χ2n) is 5.15. The molecule has 0 atom stereocenters. The maximum Gasteiger partial charge on any atom is 0.156 e. The summed E-state index contributed by atoms with van der Waals surface area (Å²) in [6, 6.07) is 18.3. The molecular weight excluding hydrogens is 260 g/mol. The van der Waals surface area contributed by atoms with E-state index in [0.717, 1.165) is 22.7 Å². The minimum atomic E-state index is 0.629. The van der Waals surface area contributed by atoms with E-state index in [1.807, 2.05) is 36.4 Å². The molecular formula is C18H18N2O. The average molecular weight is 278 g/mol. The zero-order valence-electron chi connectivity index (χ0n) is 12.3. The zero-order valence-corrected chi connectivity index (χ0v) is 12.3. The summed E-state index contributed by atoms with van der Waals surface area (Å²) in [5.41, 5.74) is 5.61. The summed E-state index contributed by atoms with van der Waals surface area (Å²) in [5, 5.41) is 7.52. The number of nitrogens with zero attached hydrogens (tertiary/aromatic N) is 1. The van der Waals surface area contributed by atoms with Crippen molar-refractivity contribution in [1.82, 2.24) is 5.16 Å². The van der Waals surface area contributed by atoms with Crippen molar-refractivity contribution in [2.75, 3.05) is 5.32 Å². The van der Waals surface area contributed by atoms with Crippen LogP contribution >= 0.6 is 0 Å². The Morgan fingerprint density at radius 1 is 1.00 bits per heavy atom. The smallest absolute Gasteiger partial charge is 0.156 e. The molecule has 0 aliphatic rings. The molecule has 0 aliphatic carbocycles. The van der Waals surface area contributed by atoms with Crippen LogP contribution in [0.4, 0.5) is 5.69 Å². The monoisotopic (exact) mass is 278 g/mol. The quantitative estimate of drug-likeness (QED) is 0.759. The summed E-state index contributed by atoms with van der Waals surface area (Å²) in [5.74, 6) is 0.828. The van der Waals surface area contributed by atoms with E-state index >= 15 is 0 Å². The highest BCUT2D eigenvalue weighted by Crippen LogP contribution is 2.21. The molecule has 0 fully saturated rings. The van der Waals surface area contributed by atoms with Crippen LogP contribution in [0.5, 0.6) is 0 Å². The molecule has 3 rings (SSSR count). The predicted octanol–water partition coefficient (Wildman–Crippen LogP) is 4.57. The van der Waals surface area contributed by atoms with Gasteiger partial charge in [-0.3, -0.25) is 0 Å². The zero-order chi connectivity index (χ0) is 14.7. The fourth-order valence-electron chi connectivity index (χ4n) is 2.27. The molecule has 0 saturated carbocycles. The molecule has 1 heterocycles. The van der Waals surface area contributed by atoms with E-state index in [9.17, 15) is 0 Å². The Balaban J connectivity index is 1.72. The Morgan fingerprint density at radius 3 is 2.62 bits per heavy atom. The van der Waals surface area contributed by atoms with Crippen LogP contribution < -0.4 is 5.32 Å². The molecule has 106 valence electrons. The average Bonchev–Trinajstić information content (AvgIpc) is 2.99. The van der Waals surface area contributed by atoms with Gasteiger partial charge in [0.2, 0.25) is 0 Å². The van der Waals surface area contributed by atoms with Gasteiger partial charge in [-0.2, -0.15) is 0 Å². The van der Waals surface area contributed by atoms with Crippen molar-refractivity contribution < 1.29 is 4.52 Å². The van der Waals surface area contributed by atoms with E-state index in [1.165, 1.54) is 11.1 Å². The molecule has 0 bridgehead atoms. The Hall–Kier alpha value is -2.55. The molecule has 0 spiro atoms. The largest absolute Gasteiger partial charge is 0.377 e. The highest BCUT2D eigenvalue weighted by Gasteiger charge is 2.07. The van der Waals surface area contributed by atoms with Gasteiger partial charge >= 0.3 is 0 Å². The van der Waals surface area contributed by atoms with Crippen molar-refractivity contribution in [3.8, 4) is 11.3 Å². The summed E-state index contributed by atoms with van der Waals surface area (Å²) in [6.45, 7) is 4.86. The fourth-order valence-corrected chi connectivity index (χ4v) is 2.27. The van der Waals surface area contributed by atoms with Crippen LogP contribution in [0.25, 0.3) is 11.3 Å². The normalized spacial score (nSPS) is 10.6. The molecule has 2 aromatic carbocycles. The number of nitrogens with one attached hydrogen (secondary N) is 1. The first-order valence-corrected chi connectivity index (χ1v) is 7.05. The van der Waals surface area contributed by atoms with Crippen LogP contribution in [0.15, 0.2) is 59.1 Å². The molecule has 0 radical (unpaired) electrons. The van der Waals surface area contributed by atoms with Crippen LogP contribution in [0.1, 0.15) is 16.9 Å². The fraction of sp³-hybridized carbons (Fsp3) is 0.167. The number of benzene rings is 2. The summed E-state index contributed by atoms with van der Waals surface area (Å²) in [7, 11) is 0. The van der Waals surface area contributed by atoms with E-state index in [-0.39, 0.29) is 0 Å². The van der Waals surface area contributed by atoms with E-state index in [2.05, 4.69) is 42.5 Å². The maximum absolute atomic E-state index is 5.40. The van der Waals surface area contributed by atoms with E-state index in [1.54, 1.807) is 0 Å². The summed E-state index contributed by atoms with van der Waals surface area (Å²) >= 11 is 0. The molecule has 0 amide bonds. The Kier molecular flexibility index (Phi) is 3.73. The lowest BCUT2D eigenvalue weighted by Crippen LogP contribution is -2.00. The van der Waals surface area contributed by atoms with Crippen LogP contribution in [0, 0.1) is 13.8 Å². The first kappa shape index (κ1) is 13.4. The van der Waals surface area contributed by atoms with Gasteiger partial charge in [-0.25, -0.2) is 0 Å². The number of hydrogen-bond donors (Lipinski definition) is 1. The molecule has 1 aromatic heterocycles. The van der Waals surface area contributed by atoms with Crippen molar-refractivity contribution >= 4 is 5.69 Å². The Bertz CT molecular complexity index is 732. The van der Waals surface area contributed by atoms with Crippen LogP contribution in [-0.2, 0) is 6.54 Å². The third-order valence-corrected chi connectivity index (χ3v) is 3.69. The van der Waals surface area contributed by atoms with Crippen LogP contribution in [0.2, 0.25) is 0 Å². The first-order valence-electron chi connectivity index (χ1n) is 7.05. The van der Waals surface area contributed by atoms with Gasteiger partial charge in [-0.05, 0) is 31.0 Å². The van der Waals surface area contributed by atoms with Crippen LogP contribution in [0.3, 0.4) is 0 Å². The maximum atomic E-state index is 5.40. The minimum absolute atomic E-state index is 0.629. The summed E-state index contributed by atoms with van der Waals surface area (Å²) < 4.78 is 5.40. The second-order valence-corrected chi connectivity index (χ2v) is 5.15. The van der Waals surface area contributed by atoms with E-state index in [0.29, 0.717) is 6.54 Å². The second kappa shape index (κ2) is 5.83. The molecule has 0 aliphatic heterocycles. The molecule has 1 N–H and O–H groups in total. The first-order chi connectivity index (χ1) is 10.2. The lowest BCUT2D eigenvalue weighted by atomic mass is 10.1. The third-order valence-electron chi connectivity index (χ3n) is 3.69. The van der Waals surface area contributed by atoms with Crippen molar-refractivity contribution in [1.29, 1.82) is 0 Å². The lowest BCUT2D eigenvalue weighted by molar-refractivity contribution is 0.390. The van der Waals surface area contributed by atoms with Gasteiger partial charge in [-0.1, -0.05) is 47.6 Å². The number of aryl methyl sites for hydroxylation is 1. The number of aromatic nitrogens is 1. The van der Waals surface area contributed by atoms with Gasteiger partial charge < -0.3 is 9.84 Å². The van der Waals surface area contributed by atoms with Crippen molar-refractivity contribution in [3.63, 3.8) is 0 Å². The van der Waals surface area contributed by atoms with Gasteiger partial charge in [0.15, 0.2) is 5.76 Å². The third kappa shape index (κ3) is 2.97. The van der Waals surface area contributed by atoms with Crippen molar-refractivity contribution in [2.24, 2.45) is 0 Å². The van der Waals surface area contributed by atoms with Crippen molar-refractivity contribution in [3.05, 3.63) is 71.5 Å². The number of hydrogen-bond acceptors (Lipinski definition) is 3. The molecule has 0 saturated heterocycles. The molecule has 0 unspecified atom stereocenters. The standard InChI is InChI=1S/C18H18N2O/c1-13-7-6-10-17(14(13)2)19-12-16-11-18(20-21-16)15-8-4-3-5-9-15/h3-11,19H,12H2,1-2H3. The number of anilines is 1. The Morgan fingerprint density at radius 2 is 1.81 bits per heavy atom. The molecule has 3 aromatic rings. The van der Waals surface area contributed by atoms with Crippen LogP contribution in [-0.4, -0.2) is 5.16 Å². The van der Waals surface area contributed by atoms with E-state index in [4.69, 9.17) is 4.52 Å². The van der Waals surface area contributed by atoms with Gasteiger partial charge in [0.05, 0.1) is 6.54 Å². The number of rotatable bonds is 4. The van der Waals surface area contributed by atoms with Gasteiger partial charge in [-0.15, -0.1) is 0 Å². The summed E-state index contributed by atoms with van der Waals surface area (Å²) in [4.78, 5) is 0. The SMILES string of the molecule is Cc1cccc(NCc2cc(-c3ccccc3)no2)c1C. The lowest BCUT2D eigenvalue weighted by Gasteiger charge is -2.09. The highest BCUT2D eigenvalue weighted by molar-refractivity contribution is 5.59. The predicted molar refractivity (Wildman–Crippen MR) is 85.2 cm³/mol. The summed E-state index contributed by atoms with van der Waals surface area (Å²) in [6.07, 6.45) is 0. The van der Waals surface area contributed by atoms with Gasteiger partial charge in [0.1, 0.15) is 5.69 Å². The van der Waals surface area contributed by atoms with Crippen molar-refractivity contribution in [2.45, 2.75) is 20.4 Å².